The molecule has 4 rings (SSSR count). The maximum Gasteiger partial charge on any atom is 0.336 e. The number of pyridine rings is 1. The van der Waals surface area contributed by atoms with Gasteiger partial charge in [-0.1, -0.05) is 66.7 Å². The largest absolute Gasteiger partial charge is 0.478 e. The van der Waals surface area contributed by atoms with Crippen molar-refractivity contribution in [2.24, 2.45) is 0 Å². The molecule has 0 bridgehead atoms. The number of aromatic carboxylic acids is 1. The zero-order valence-corrected chi connectivity index (χ0v) is 17.6. The SMILES string of the molecule is CN(Cc1c(-c2ccccc2)nc2ccccc2c1C(=O)O)S(=O)(=O)c1ccccc1. The molecule has 0 fully saturated rings. The zero-order valence-electron chi connectivity index (χ0n) is 16.8. The van der Waals surface area contributed by atoms with E-state index in [4.69, 9.17) is 4.98 Å². The second-order valence-corrected chi connectivity index (χ2v) is 9.12. The lowest BCUT2D eigenvalue weighted by Crippen LogP contribution is -2.28. The molecule has 6 nitrogen and oxygen atoms in total. The number of hydrogen-bond donors (Lipinski definition) is 1. The Hall–Kier alpha value is -3.55. The van der Waals surface area contributed by atoms with E-state index in [-0.39, 0.29) is 17.0 Å². The van der Waals surface area contributed by atoms with Crippen LogP contribution in [0.3, 0.4) is 0 Å². The molecule has 3 aromatic carbocycles. The quantitative estimate of drug-likeness (QED) is 0.487. The third kappa shape index (κ3) is 3.93. The van der Waals surface area contributed by atoms with E-state index in [0.717, 1.165) is 9.87 Å². The number of fused-ring (bicyclic) bond motifs is 1. The molecule has 1 aromatic heterocycles. The molecule has 1 heterocycles. The van der Waals surface area contributed by atoms with E-state index in [0.29, 0.717) is 22.2 Å². The summed E-state index contributed by atoms with van der Waals surface area (Å²) < 4.78 is 27.3. The molecule has 0 radical (unpaired) electrons. The molecule has 0 aliphatic carbocycles. The van der Waals surface area contributed by atoms with Crippen LogP contribution in [-0.2, 0) is 16.6 Å². The summed E-state index contributed by atoms with van der Waals surface area (Å²) in [6.45, 7) is -0.138. The fraction of sp³-hybridized carbons (Fsp3) is 0.0833. The first-order chi connectivity index (χ1) is 14.9. The summed E-state index contributed by atoms with van der Waals surface area (Å²) in [6, 6.07) is 24.2. The molecule has 0 saturated carbocycles. The van der Waals surface area contributed by atoms with Crippen LogP contribution in [0.25, 0.3) is 22.2 Å². The van der Waals surface area contributed by atoms with E-state index in [2.05, 4.69) is 0 Å². The van der Waals surface area contributed by atoms with Crippen molar-refractivity contribution in [3.63, 3.8) is 0 Å². The lowest BCUT2D eigenvalue weighted by molar-refractivity contribution is 0.0697. The highest BCUT2D eigenvalue weighted by Crippen LogP contribution is 2.32. The van der Waals surface area contributed by atoms with Crippen molar-refractivity contribution in [3.8, 4) is 11.3 Å². The van der Waals surface area contributed by atoms with Crippen LogP contribution in [0.5, 0.6) is 0 Å². The third-order valence-corrected chi connectivity index (χ3v) is 6.90. The van der Waals surface area contributed by atoms with Gasteiger partial charge in [0.2, 0.25) is 10.0 Å². The first-order valence-electron chi connectivity index (χ1n) is 9.61. The second-order valence-electron chi connectivity index (χ2n) is 7.08. The summed E-state index contributed by atoms with van der Waals surface area (Å²) in [5.41, 5.74) is 2.11. The number of sulfonamides is 1. The number of carboxylic acids is 1. The number of rotatable bonds is 6. The van der Waals surface area contributed by atoms with Gasteiger partial charge in [-0.3, -0.25) is 0 Å². The highest BCUT2D eigenvalue weighted by molar-refractivity contribution is 7.89. The molecule has 31 heavy (non-hydrogen) atoms. The van der Waals surface area contributed by atoms with Crippen LogP contribution in [0.15, 0.2) is 89.8 Å². The molecule has 156 valence electrons. The van der Waals surface area contributed by atoms with Gasteiger partial charge in [-0.15, -0.1) is 0 Å². The van der Waals surface area contributed by atoms with Crippen molar-refractivity contribution in [2.75, 3.05) is 7.05 Å². The maximum atomic E-state index is 13.1. The second kappa shape index (κ2) is 8.29. The first kappa shape index (κ1) is 20.7. The van der Waals surface area contributed by atoms with Crippen molar-refractivity contribution >= 4 is 26.9 Å². The normalized spacial score (nSPS) is 11.7. The predicted molar refractivity (Wildman–Crippen MR) is 119 cm³/mol. The lowest BCUT2D eigenvalue weighted by atomic mass is 9.96. The summed E-state index contributed by atoms with van der Waals surface area (Å²) in [5.74, 6) is -1.13. The molecule has 0 spiro atoms. The molecule has 0 amide bonds. The van der Waals surface area contributed by atoms with Gasteiger partial charge in [0.1, 0.15) is 0 Å². The summed E-state index contributed by atoms with van der Waals surface area (Å²) in [6.07, 6.45) is 0. The summed E-state index contributed by atoms with van der Waals surface area (Å²) in [5, 5.41) is 10.5. The van der Waals surface area contributed by atoms with Gasteiger partial charge in [-0.25, -0.2) is 18.2 Å². The number of aromatic nitrogens is 1. The van der Waals surface area contributed by atoms with E-state index in [1.165, 1.54) is 19.2 Å². The Morgan fingerprint density at radius 2 is 1.48 bits per heavy atom. The zero-order chi connectivity index (χ0) is 22.0. The van der Waals surface area contributed by atoms with Crippen molar-refractivity contribution in [2.45, 2.75) is 11.4 Å². The standard InChI is InChI=1S/C24H20N2O4S/c1-26(31(29,30)18-12-6-3-7-13-18)16-20-22(24(27)28)19-14-8-9-15-21(19)25-23(20)17-10-4-2-5-11-17/h2-15H,16H2,1H3,(H,27,28). The number of carboxylic acid groups (broad SMARTS) is 1. The lowest BCUT2D eigenvalue weighted by Gasteiger charge is -2.21. The van der Waals surface area contributed by atoms with Crippen LogP contribution in [-0.4, -0.2) is 35.8 Å². The molecular weight excluding hydrogens is 412 g/mol. The Morgan fingerprint density at radius 1 is 0.903 bits per heavy atom. The fourth-order valence-corrected chi connectivity index (χ4v) is 4.72. The predicted octanol–water partition coefficient (Wildman–Crippen LogP) is 4.42. The first-order valence-corrected chi connectivity index (χ1v) is 11.1. The third-order valence-electron chi connectivity index (χ3n) is 5.09. The van der Waals surface area contributed by atoms with Gasteiger partial charge in [0.25, 0.3) is 0 Å². The number of hydrogen-bond acceptors (Lipinski definition) is 4. The van der Waals surface area contributed by atoms with Crippen molar-refractivity contribution in [1.29, 1.82) is 0 Å². The molecule has 0 aliphatic heterocycles. The van der Waals surface area contributed by atoms with Gasteiger partial charge in [0.15, 0.2) is 0 Å². The molecule has 0 aliphatic rings. The Bertz CT molecular complexity index is 1350. The van der Waals surface area contributed by atoms with Gasteiger partial charge in [0, 0.05) is 30.1 Å². The average molecular weight is 433 g/mol. The van der Waals surface area contributed by atoms with Crippen LogP contribution in [0.2, 0.25) is 0 Å². The number of benzene rings is 3. The van der Waals surface area contributed by atoms with Crippen LogP contribution < -0.4 is 0 Å². The van der Waals surface area contributed by atoms with Crippen molar-refractivity contribution < 1.29 is 18.3 Å². The smallest absolute Gasteiger partial charge is 0.336 e. The van der Waals surface area contributed by atoms with Crippen molar-refractivity contribution in [1.82, 2.24) is 9.29 Å². The van der Waals surface area contributed by atoms with Gasteiger partial charge in [0.05, 0.1) is 21.7 Å². The monoisotopic (exact) mass is 432 g/mol. The number of para-hydroxylation sites is 1. The Balaban J connectivity index is 1.93. The van der Waals surface area contributed by atoms with Crippen LogP contribution in [0.1, 0.15) is 15.9 Å². The van der Waals surface area contributed by atoms with Crippen LogP contribution in [0, 0.1) is 0 Å². The summed E-state index contributed by atoms with van der Waals surface area (Å²) in [4.78, 5) is 17.2. The molecule has 1 N–H and O–H groups in total. The molecule has 0 unspecified atom stereocenters. The van der Waals surface area contributed by atoms with Crippen LogP contribution >= 0.6 is 0 Å². The van der Waals surface area contributed by atoms with Gasteiger partial charge in [-0.05, 0) is 18.2 Å². The molecule has 7 heteroatoms. The van der Waals surface area contributed by atoms with E-state index >= 15 is 0 Å². The maximum absolute atomic E-state index is 13.1. The van der Waals surface area contributed by atoms with Gasteiger partial charge >= 0.3 is 5.97 Å². The van der Waals surface area contributed by atoms with Gasteiger partial charge < -0.3 is 5.11 Å². The summed E-state index contributed by atoms with van der Waals surface area (Å²) >= 11 is 0. The van der Waals surface area contributed by atoms with E-state index < -0.39 is 16.0 Å². The topological polar surface area (TPSA) is 87.6 Å². The highest BCUT2D eigenvalue weighted by Gasteiger charge is 2.27. The van der Waals surface area contributed by atoms with Crippen LogP contribution in [0.4, 0.5) is 0 Å². The minimum atomic E-state index is -3.82. The average Bonchev–Trinajstić information content (AvgIpc) is 2.79. The minimum absolute atomic E-state index is 0.0552. The van der Waals surface area contributed by atoms with E-state index in [9.17, 15) is 18.3 Å². The number of carbonyl (C=O) groups is 1. The van der Waals surface area contributed by atoms with E-state index in [1.807, 2.05) is 30.3 Å². The minimum Gasteiger partial charge on any atom is -0.478 e. The Labute approximate surface area is 180 Å². The van der Waals surface area contributed by atoms with Gasteiger partial charge in [-0.2, -0.15) is 4.31 Å². The number of nitrogens with zero attached hydrogens (tertiary/aromatic N) is 2. The molecular formula is C24H20N2O4S. The van der Waals surface area contributed by atoms with E-state index in [1.54, 1.807) is 42.5 Å². The molecule has 4 aromatic rings. The molecule has 0 saturated heterocycles. The summed E-state index contributed by atoms with van der Waals surface area (Å²) in [7, 11) is -2.38. The Kier molecular flexibility index (Phi) is 5.54. The Morgan fingerprint density at radius 3 is 2.13 bits per heavy atom. The fourth-order valence-electron chi connectivity index (χ4n) is 3.56. The van der Waals surface area contributed by atoms with Crippen molar-refractivity contribution in [3.05, 3.63) is 96.1 Å². The highest BCUT2D eigenvalue weighted by atomic mass is 32.2. The molecule has 0 atom stereocenters.